The summed E-state index contributed by atoms with van der Waals surface area (Å²) in [5.41, 5.74) is 0.105. The Morgan fingerprint density at radius 3 is 2.08 bits per heavy atom. The van der Waals surface area contributed by atoms with E-state index in [1.807, 2.05) is 0 Å². The van der Waals surface area contributed by atoms with E-state index in [-0.39, 0.29) is 10.7 Å². The van der Waals surface area contributed by atoms with Gasteiger partial charge in [0, 0.05) is 0 Å². The highest BCUT2D eigenvalue weighted by molar-refractivity contribution is 7.89. The number of nitrogens with two attached hydrogens (primary N) is 1. The summed E-state index contributed by atoms with van der Waals surface area (Å²) in [7, 11) is -3.27. The molecule has 1 atom stereocenters. The molecule has 0 heterocycles. The van der Waals surface area contributed by atoms with Crippen molar-refractivity contribution in [1.29, 1.82) is 0 Å². The summed E-state index contributed by atoms with van der Waals surface area (Å²) >= 11 is 0. The standard InChI is InChI=1S/C8H15NO2S/c9-12(10,11)7-3-1-4-8(7)5-2-6-8/h7H,1-6H2,(H2,9,10,11). The molecule has 2 saturated carbocycles. The maximum Gasteiger partial charge on any atom is 0.212 e. The second kappa shape index (κ2) is 2.45. The van der Waals surface area contributed by atoms with E-state index in [2.05, 4.69) is 0 Å². The zero-order chi connectivity index (χ0) is 8.82. The first-order valence-electron chi connectivity index (χ1n) is 4.56. The lowest BCUT2D eigenvalue weighted by molar-refractivity contribution is 0.147. The molecular weight excluding hydrogens is 174 g/mol. The molecule has 2 N–H and O–H groups in total. The monoisotopic (exact) mass is 189 g/mol. The quantitative estimate of drug-likeness (QED) is 0.669. The van der Waals surface area contributed by atoms with E-state index in [0.29, 0.717) is 0 Å². The summed E-state index contributed by atoms with van der Waals surface area (Å²) in [6, 6.07) is 0. The summed E-state index contributed by atoms with van der Waals surface area (Å²) in [5, 5.41) is 4.97. The van der Waals surface area contributed by atoms with Crippen molar-refractivity contribution in [3.8, 4) is 0 Å². The summed E-state index contributed by atoms with van der Waals surface area (Å²) in [6.45, 7) is 0. The van der Waals surface area contributed by atoms with Crippen LogP contribution in [0.25, 0.3) is 0 Å². The molecule has 1 unspecified atom stereocenters. The molecule has 0 amide bonds. The molecule has 0 aliphatic heterocycles. The molecule has 0 aromatic rings. The number of rotatable bonds is 1. The third kappa shape index (κ3) is 1.09. The lowest BCUT2D eigenvalue weighted by Crippen LogP contribution is -2.44. The minimum Gasteiger partial charge on any atom is -0.228 e. The van der Waals surface area contributed by atoms with Crippen LogP contribution >= 0.6 is 0 Å². The van der Waals surface area contributed by atoms with Crippen LogP contribution in [0.2, 0.25) is 0 Å². The van der Waals surface area contributed by atoms with E-state index in [1.54, 1.807) is 0 Å². The van der Waals surface area contributed by atoms with Crippen LogP contribution in [-0.2, 0) is 10.0 Å². The number of primary sulfonamides is 1. The second-order valence-corrected chi connectivity index (χ2v) is 5.93. The molecule has 2 fully saturated rings. The number of hydrogen-bond acceptors (Lipinski definition) is 2. The molecular formula is C8H15NO2S. The molecule has 70 valence electrons. The van der Waals surface area contributed by atoms with E-state index in [1.165, 1.54) is 6.42 Å². The van der Waals surface area contributed by atoms with E-state index in [9.17, 15) is 8.42 Å². The Morgan fingerprint density at radius 2 is 1.75 bits per heavy atom. The predicted molar refractivity (Wildman–Crippen MR) is 47.0 cm³/mol. The Hall–Kier alpha value is -0.0900. The Labute approximate surface area is 73.4 Å². The SMILES string of the molecule is NS(=O)(=O)C1CCCC12CCC2. The van der Waals surface area contributed by atoms with Gasteiger partial charge in [0.2, 0.25) is 10.0 Å². The Bertz CT molecular complexity index is 279. The molecule has 3 nitrogen and oxygen atoms in total. The van der Waals surface area contributed by atoms with Crippen molar-refractivity contribution in [2.24, 2.45) is 10.6 Å². The summed E-state index contributed by atoms with van der Waals surface area (Å²) < 4.78 is 22.4. The van der Waals surface area contributed by atoms with E-state index in [4.69, 9.17) is 5.14 Å². The highest BCUT2D eigenvalue weighted by atomic mass is 32.2. The number of hydrogen-bond donors (Lipinski definition) is 1. The fourth-order valence-electron chi connectivity index (χ4n) is 2.82. The van der Waals surface area contributed by atoms with Gasteiger partial charge in [0.1, 0.15) is 0 Å². The number of sulfonamides is 1. The Morgan fingerprint density at radius 1 is 1.17 bits per heavy atom. The van der Waals surface area contributed by atoms with Crippen LogP contribution in [0, 0.1) is 5.41 Å². The second-order valence-electron chi connectivity index (χ2n) is 4.19. The van der Waals surface area contributed by atoms with Gasteiger partial charge in [0.25, 0.3) is 0 Å². The molecule has 4 heteroatoms. The van der Waals surface area contributed by atoms with Crippen molar-refractivity contribution >= 4 is 10.0 Å². The fourth-order valence-corrected chi connectivity index (χ4v) is 4.37. The molecule has 2 aliphatic rings. The third-order valence-corrected chi connectivity index (χ3v) is 5.10. The average molecular weight is 189 g/mol. The topological polar surface area (TPSA) is 60.2 Å². The van der Waals surface area contributed by atoms with E-state index < -0.39 is 10.0 Å². The Balaban J connectivity index is 2.26. The van der Waals surface area contributed by atoms with Crippen molar-refractivity contribution in [1.82, 2.24) is 0 Å². The van der Waals surface area contributed by atoms with Gasteiger partial charge in [-0.15, -0.1) is 0 Å². The predicted octanol–water partition coefficient (Wildman–Crippen LogP) is 0.998. The molecule has 12 heavy (non-hydrogen) atoms. The van der Waals surface area contributed by atoms with Crippen LogP contribution in [0.15, 0.2) is 0 Å². The lowest BCUT2D eigenvalue weighted by atomic mass is 9.67. The van der Waals surface area contributed by atoms with Gasteiger partial charge in [-0.1, -0.05) is 12.8 Å². The minimum atomic E-state index is -3.27. The molecule has 0 saturated heterocycles. The minimum absolute atomic E-state index is 0.105. The van der Waals surface area contributed by atoms with Gasteiger partial charge < -0.3 is 0 Å². The first-order valence-corrected chi connectivity index (χ1v) is 6.17. The molecule has 0 bridgehead atoms. The maximum atomic E-state index is 11.2. The summed E-state index contributed by atoms with van der Waals surface area (Å²) in [5.74, 6) is 0. The normalized spacial score (nSPS) is 33.6. The van der Waals surface area contributed by atoms with E-state index in [0.717, 1.165) is 32.1 Å². The average Bonchev–Trinajstić information content (AvgIpc) is 2.25. The van der Waals surface area contributed by atoms with Crippen LogP contribution in [-0.4, -0.2) is 13.7 Å². The zero-order valence-electron chi connectivity index (χ0n) is 7.12. The van der Waals surface area contributed by atoms with Gasteiger partial charge in [-0.2, -0.15) is 0 Å². The Kier molecular flexibility index (Phi) is 1.74. The molecule has 0 aromatic heterocycles. The molecule has 1 spiro atoms. The van der Waals surface area contributed by atoms with Crippen LogP contribution in [0.3, 0.4) is 0 Å². The van der Waals surface area contributed by atoms with Crippen molar-refractivity contribution < 1.29 is 8.42 Å². The zero-order valence-corrected chi connectivity index (χ0v) is 7.94. The lowest BCUT2D eigenvalue weighted by Gasteiger charge is -2.42. The van der Waals surface area contributed by atoms with Crippen LogP contribution in [0.4, 0.5) is 0 Å². The summed E-state index contributed by atoms with van der Waals surface area (Å²) in [4.78, 5) is 0. The smallest absolute Gasteiger partial charge is 0.212 e. The van der Waals surface area contributed by atoms with Crippen LogP contribution in [0.1, 0.15) is 38.5 Å². The van der Waals surface area contributed by atoms with Gasteiger partial charge >= 0.3 is 0 Å². The largest absolute Gasteiger partial charge is 0.228 e. The van der Waals surface area contributed by atoms with Crippen LogP contribution in [0.5, 0.6) is 0 Å². The highest BCUT2D eigenvalue weighted by Gasteiger charge is 2.51. The van der Waals surface area contributed by atoms with Gasteiger partial charge in [0.15, 0.2) is 0 Å². The van der Waals surface area contributed by atoms with Gasteiger partial charge in [-0.05, 0) is 31.1 Å². The first-order chi connectivity index (χ1) is 5.55. The van der Waals surface area contributed by atoms with Gasteiger partial charge in [0.05, 0.1) is 5.25 Å². The third-order valence-electron chi connectivity index (χ3n) is 3.57. The molecule has 0 aromatic carbocycles. The molecule has 0 radical (unpaired) electrons. The van der Waals surface area contributed by atoms with Gasteiger partial charge in [-0.25, -0.2) is 13.6 Å². The summed E-state index contributed by atoms with van der Waals surface area (Å²) in [6.07, 6.45) is 6.25. The van der Waals surface area contributed by atoms with Gasteiger partial charge in [-0.3, -0.25) is 0 Å². The van der Waals surface area contributed by atoms with Crippen molar-refractivity contribution in [2.75, 3.05) is 0 Å². The maximum absolute atomic E-state index is 11.2. The first kappa shape index (κ1) is 8.51. The van der Waals surface area contributed by atoms with Crippen molar-refractivity contribution in [3.05, 3.63) is 0 Å². The van der Waals surface area contributed by atoms with Crippen LogP contribution < -0.4 is 5.14 Å². The van der Waals surface area contributed by atoms with Crippen molar-refractivity contribution in [2.45, 2.75) is 43.8 Å². The van der Waals surface area contributed by atoms with E-state index >= 15 is 0 Å². The highest BCUT2D eigenvalue weighted by Crippen LogP contribution is 2.55. The fraction of sp³-hybridized carbons (Fsp3) is 1.00. The molecule has 2 aliphatic carbocycles. The van der Waals surface area contributed by atoms with Crippen molar-refractivity contribution in [3.63, 3.8) is 0 Å². The molecule has 2 rings (SSSR count).